The first-order valence-electron chi connectivity index (χ1n) is 6.10. The molecule has 3 rings (SSSR count). The van der Waals surface area contributed by atoms with Gasteiger partial charge in [0.15, 0.2) is 0 Å². The SMILES string of the molecule is Cc1ccc(-c2ccc(NC(=O)c3cnoc3)s2)cc1. The van der Waals surface area contributed by atoms with E-state index in [2.05, 4.69) is 46.2 Å². The maximum Gasteiger partial charge on any atom is 0.261 e. The van der Waals surface area contributed by atoms with Gasteiger partial charge in [-0.3, -0.25) is 4.79 Å². The van der Waals surface area contributed by atoms with E-state index in [0.717, 1.165) is 15.4 Å². The Morgan fingerprint density at radius 3 is 2.70 bits per heavy atom. The Kier molecular flexibility index (Phi) is 3.35. The Labute approximate surface area is 120 Å². The third kappa shape index (κ3) is 2.62. The highest BCUT2D eigenvalue weighted by Crippen LogP contribution is 2.31. The molecule has 1 N–H and O–H groups in total. The number of rotatable bonds is 3. The van der Waals surface area contributed by atoms with Gasteiger partial charge in [-0.05, 0) is 24.6 Å². The summed E-state index contributed by atoms with van der Waals surface area (Å²) < 4.78 is 4.65. The van der Waals surface area contributed by atoms with Crippen molar-refractivity contribution >= 4 is 22.2 Å². The van der Waals surface area contributed by atoms with Crippen molar-refractivity contribution < 1.29 is 9.32 Å². The van der Waals surface area contributed by atoms with Crippen LogP contribution in [0.2, 0.25) is 0 Å². The molecule has 3 aromatic rings. The van der Waals surface area contributed by atoms with Crippen LogP contribution in [0.25, 0.3) is 10.4 Å². The topological polar surface area (TPSA) is 55.1 Å². The average molecular weight is 284 g/mol. The maximum absolute atomic E-state index is 11.9. The van der Waals surface area contributed by atoms with Gasteiger partial charge in [0.25, 0.3) is 5.91 Å². The summed E-state index contributed by atoms with van der Waals surface area (Å²) in [6, 6.07) is 12.2. The molecular formula is C15H12N2O2S. The Bertz CT molecular complexity index is 715. The van der Waals surface area contributed by atoms with Crippen molar-refractivity contribution in [3.63, 3.8) is 0 Å². The van der Waals surface area contributed by atoms with Crippen molar-refractivity contribution in [2.75, 3.05) is 5.32 Å². The Morgan fingerprint density at radius 2 is 2.00 bits per heavy atom. The summed E-state index contributed by atoms with van der Waals surface area (Å²) in [4.78, 5) is 13.0. The first kappa shape index (κ1) is 12.6. The predicted molar refractivity (Wildman–Crippen MR) is 78.9 cm³/mol. The van der Waals surface area contributed by atoms with Gasteiger partial charge >= 0.3 is 0 Å². The number of hydrogen-bond acceptors (Lipinski definition) is 4. The van der Waals surface area contributed by atoms with E-state index >= 15 is 0 Å². The number of aromatic nitrogens is 1. The van der Waals surface area contributed by atoms with Crippen LogP contribution in [-0.4, -0.2) is 11.1 Å². The highest BCUT2D eigenvalue weighted by Gasteiger charge is 2.10. The van der Waals surface area contributed by atoms with E-state index in [9.17, 15) is 4.79 Å². The number of aryl methyl sites for hydroxylation is 1. The largest absolute Gasteiger partial charge is 0.364 e. The highest BCUT2D eigenvalue weighted by molar-refractivity contribution is 7.19. The van der Waals surface area contributed by atoms with Gasteiger partial charge in [-0.1, -0.05) is 35.0 Å². The number of thiophene rings is 1. The number of amides is 1. The molecule has 0 spiro atoms. The molecule has 0 saturated carbocycles. The Morgan fingerprint density at radius 1 is 1.20 bits per heavy atom. The lowest BCUT2D eigenvalue weighted by molar-refractivity contribution is 0.102. The zero-order valence-electron chi connectivity index (χ0n) is 10.8. The molecule has 1 amide bonds. The molecule has 20 heavy (non-hydrogen) atoms. The fourth-order valence-electron chi connectivity index (χ4n) is 1.78. The summed E-state index contributed by atoms with van der Waals surface area (Å²) in [6.07, 6.45) is 2.72. The molecule has 0 saturated heterocycles. The minimum atomic E-state index is -0.219. The molecule has 2 heterocycles. The Balaban J connectivity index is 1.77. The average Bonchev–Trinajstić information content (AvgIpc) is 3.10. The van der Waals surface area contributed by atoms with E-state index in [1.807, 2.05) is 12.1 Å². The molecule has 0 aliphatic carbocycles. The number of carbonyl (C=O) groups is 1. The second kappa shape index (κ2) is 5.30. The summed E-state index contributed by atoms with van der Waals surface area (Å²) in [5, 5.41) is 7.14. The Hall–Kier alpha value is -2.40. The van der Waals surface area contributed by atoms with Gasteiger partial charge in [0.2, 0.25) is 0 Å². The number of anilines is 1. The van der Waals surface area contributed by atoms with Crippen LogP contribution < -0.4 is 5.32 Å². The smallest absolute Gasteiger partial charge is 0.261 e. The van der Waals surface area contributed by atoms with Crippen molar-refractivity contribution in [2.45, 2.75) is 6.92 Å². The monoisotopic (exact) mass is 284 g/mol. The van der Waals surface area contributed by atoms with Crippen LogP contribution in [0, 0.1) is 6.92 Å². The minimum Gasteiger partial charge on any atom is -0.364 e. The quantitative estimate of drug-likeness (QED) is 0.792. The van der Waals surface area contributed by atoms with Gasteiger partial charge in [-0.25, -0.2) is 0 Å². The fourth-order valence-corrected chi connectivity index (χ4v) is 2.69. The van der Waals surface area contributed by atoms with E-state index in [0.29, 0.717) is 5.56 Å². The summed E-state index contributed by atoms with van der Waals surface area (Å²) >= 11 is 1.53. The molecular weight excluding hydrogens is 272 g/mol. The predicted octanol–water partition coefficient (Wildman–Crippen LogP) is 3.96. The minimum absolute atomic E-state index is 0.219. The molecule has 5 heteroatoms. The third-order valence-corrected chi connectivity index (χ3v) is 3.92. The molecule has 100 valence electrons. The van der Waals surface area contributed by atoms with Crippen molar-refractivity contribution in [1.82, 2.24) is 5.16 Å². The van der Waals surface area contributed by atoms with Gasteiger partial charge in [0.05, 0.1) is 16.8 Å². The molecule has 0 aliphatic rings. The van der Waals surface area contributed by atoms with E-state index in [4.69, 9.17) is 0 Å². The number of nitrogens with one attached hydrogen (secondary N) is 1. The van der Waals surface area contributed by atoms with Crippen LogP contribution in [0.4, 0.5) is 5.00 Å². The second-order valence-corrected chi connectivity index (χ2v) is 5.48. The first-order chi connectivity index (χ1) is 9.72. The first-order valence-corrected chi connectivity index (χ1v) is 6.91. The molecule has 0 bridgehead atoms. The van der Waals surface area contributed by atoms with Crippen LogP contribution in [0.15, 0.2) is 53.4 Å². The van der Waals surface area contributed by atoms with E-state index in [1.165, 1.54) is 29.4 Å². The van der Waals surface area contributed by atoms with E-state index in [1.54, 1.807) is 0 Å². The molecule has 4 nitrogen and oxygen atoms in total. The molecule has 0 aliphatic heterocycles. The summed E-state index contributed by atoms with van der Waals surface area (Å²) in [5.41, 5.74) is 2.78. The normalized spacial score (nSPS) is 10.4. The van der Waals surface area contributed by atoms with Crippen molar-refractivity contribution in [1.29, 1.82) is 0 Å². The van der Waals surface area contributed by atoms with Crippen molar-refractivity contribution in [3.8, 4) is 10.4 Å². The third-order valence-electron chi connectivity index (χ3n) is 2.87. The van der Waals surface area contributed by atoms with Crippen LogP contribution in [0.5, 0.6) is 0 Å². The number of benzene rings is 1. The van der Waals surface area contributed by atoms with Crippen LogP contribution in [-0.2, 0) is 0 Å². The number of hydrogen-bond donors (Lipinski definition) is 1. The van der Waals surface area contributed by atoms with E-state index < -0.39 is 0 Å². The number of carbonyl (C=O) groups excluding carboxylic acids is 1. The summed E-state index contributed by atoms with van der Waals surface area (Å²) in [6.45, 7) is 2.06. The van der Waals surface area contributed by atoms with Gasteiger partial charge in [0, 0.05) is 4.88 Å². The van der Waals surface area contributed by atoms with Gasteiger partial charge in [0.1, 0.15) is 6.26 Å². The molecule has 0 fully saturated rings. The fraction of sp³-hybridized carbons (Fsp3) is 0.0667. The van der Waals surface area contributed by atoms with Crippen LogP contribution in [0.1, 0.15) is 15.9 Å². The van der Waals surface area contributed by atoms with Gasteiger partial charge < -0.3 is 9.84 Å². The molecule has 0 unspecified atom stereocenters. The van der Waals surface area contributed by atoms with Gasteiger partial charge in [-0.15, -0.1) is 11.3 Å². The highest BCUT2D eigenvalue weighted by atomic mass is 32.1. The summed E-state index contributed by atoms with van der Waals surface area (Å²) in [7, 11) is 0. The van der Waals surface area contributed by atoms with Crippen LogP contribution >= 0.6 is 11.3 Å². The maximum atomic E-state index is 11.9. The molecule has 1 aromatic carbocycles. The zero-order valence-corrected chi connectivity index (χ0v) is 11.6. The number of nitrogens with zero attached hydrogens (tertiary/aromatic N) is 1. The van der Waals surface area contributed by atoms with Gasteiger partial charge in [-0.2, -0.15) is 0 Å². The van der Waals surface area contributed by atoms with Crippen molar-refractivity contribution in [3.05, 3.63) is 60.0 Å². The molecule has 0 radical (unpaired) electrons. The second-order valence-electron chi connectivity index (χ2n) is 4.40. The van der Waals surface area contributed by atoms with Crippen LogP contribution in [0.3, 0.4) is 0 Å². The zero-order chi connectivity index (χ0) is 13.9. The lowest BCUT2D eigenvalue weighted by Gasteiger charge is -1.99. The molecule has 2 aromatic heterocycles. The molecule has 0 atom stereocenters. The van der Waals surface area contributed by atoms with Crippen molar-refractivity contribution in [2.24, 2.45) is 0 Å². The van der Waals surface area contributed by atoms with E-state index in [-0.39, 0.29) is 5.91 Å². The standard InChI is InChI=1S/C15H12N2O2S/c1-10-2-4-11(5-3-10)13-6-7-14(20-13)17-15(18)12-8-16-19-9-12/h2-9H,1H3,(H,17,18). The lowest BCUT2D eigenvalue weighted by Crippen LogP contribution is -2.09. The summed E-state index contributed by atoms with van der Waals surface area (Å²) in [5.74, 6) is -0.219. The lowest BCUT2D eigenvalue weighted by atomic mass is 10.1.